The molecule has 162 valence electrons. The highest BCUT2D eigenvalue weighted by atomic mass is 35.5. The number of amides is 1. The molecule has 0 fully saturated rings. The standard InChI is InChI=1S/C22H18ClN5O3S/c1-27-21(19-5-3-11-31-19)24-25-22(27)32-13-20(29)28-17(18-4-2-10-30-18)12-16(26-28)14-6-8-15(23)9-7-14/h2-11,17H,12-13H2,1H3/t17-/m1/s1. The summed E-state index contributed by atoms with van der Waals surface area (Å²) in [4.78, 5) is 13.2. The average Bonchev–Trinajstić information content (AvgIpc) is 3.59. The van der Waals surface area contributed by atoms with Gasteiger partial charge in [0, 0.05) is 18.5 Å². The van der Waals surface area contributed by atoms with Crippen LogP contribution in [-0.2, 0) is 11.8 Å². The van der Waals surface area contributed by atoms with Crippen LogP contribution < -0.4 is 0 Å². The Labute approximate surface area is 192 Å². The first-order chi connectivity index (χ1) is 15.6. The van der Waals surface area contributed by atoms with Crippen LogP contribution in [0.4, 0.5) is 0 Å². The molecule has 32 heavy (non-hydrogen) atoms. The maximum atomic E-state index is 13.2. The van der Waals surface area contributed by atoms with Crippen LogP contribution in [0.3, 0.4) is 0 Å². The van der Waals surface area contributed by atoms with Gasteiger partial charge < -0.3 is 13.4 Å². The van der Waals surface area contributed by atoms with Gasteiger partial charge in [0.05, 0.1) is 24.0 Å². The van der Waals surface area contributed by atoms with E-state index in [1.54, 1.807) is 23.2 Å². The van der Waals surface area contributed by atoms with Crippen molar-refractivity contribution in [3.63, 3.8) is 0 Å². The Morgan fingerprint density at radius 2 is 1.91 bits per heavy atom. The minimum atomic E-state index is -0.304. The Kier molecular flexibility index (Phi) is 5.59. The molecule has 0 spiro atoms. The van der Waals surface area contributed by atoms with Crippen molar-refractivity contribution in [2.75, 3.05) is 5.75 Å². The smallest absolute Gasteiger partial charge is 0.253 e. The molecule has 0 unspecified atom stereocenters. The Balaban J connectivity index is 1.35. The molecule has 1 atom stereocenters. The fourth-order valence-electron chi connectivity index (χ4n) is 3.51. The summed E-state index contributed by atoms with van der Waals surface area (Å²) in [5, 5.41) is 15.7. The van der Waals surface area contributed by atoms with Gasteiger partial charge in [-0.1, -0.05) is 35.5 Å². The molecule has 5 rings (SSSR count). The Morgan fingerprint density at radius 3 is 2.62 bits per heavy atom. The minimum absolute atomic E-state index is 0.150. The first-order valence-electron chi connectivity index (χ1n) is 9.85. The van der Waals surface area contributed by atoms with E-state index in [4.69, 9.17) is 20.4 Å². The fraction of sp³-hybridized carbons (Fsp3) is 0.182. The quantitative estimate of drug-likeness (QED) is 0.379. The molecule has 0 bridgehead atoms. The zero-order chi connectivity index (χ0) is 22.1. The molecule has 0 radical (unpaired) electrons. The molecular weight excluding hydrogens is 450 g/mol. The molecule has 1 aromatic carbocycles. The summed E-state index contributed by atoms with van der Waals surface area (Å²) >= 11 is 7.31. The summed E-state index contributed by atoms with van der Waals surface area (Å²) in [6.07, 6.45) is 3.74. The van der Waals surface area contributed by atoms with Crippen molar-refractivity contribution in [1.29, 1.82) is 0 Å². The number of thioether (sulfide) groups is 1. The van der Waals surface area contributed by atoms with Crippen LogP contribution >= 0.6 is 23.4 Å². The van der Waals surface area contributed by atoms with Gasteiger partial charge in [-0.15, -0.1) is 10.2 Å². The number of carbonyl (C=O) groups is 1. The van der Waals surface area contributed by atoms with Gasteiger partial charge in [0.1, 0.15) is 11.8 Å². The number of benzene rings is 1. The third-order valence-electron chi connectivity index (χ3n) is 5.12. The predicted molar refractivity (Wildman–Crippen MR) is 120 cm³/mol. The summed E-state index contributed by atoms with van der Waals surface area (Å²) in [5.74, 6) is 1.91. The van der Waals surface area contributed by atoms with Crippen molar-refractivity contribution < 1.29 is 13.6 Å². The van der Waals surface area contributed by atoms with Crippen molar-refractivity contribution in [1.82, 2.24) is 19.8 Å². The van der Waals surface area contributed by atoms with Gasteiger partial charge in [-0.25, -0.2) is 5.01 Å². The van der Waals surface area contributed by atoms with Crippen LogP contribution in [0.1, 0.15) is 23.8 Å². The Hall–Kier alpha value is -3.30. The monoisotopic (exact) mass is 467 g/mol. The molecule has 10 heteroatoms. The molecule has 4 aromatic rings. The predicted octanol–water partition coefficient (Wildman–Crippen LogP) is 4.79. The molecule has 3 aromatic heterocycles. The van der Waals surface area contributed by atoms with Gasteiger partial charge in [0.2, 0.25) is 0 Å². The molecule has 1 aliphatic heterocycles. The van der Waals surface area contributed by atoms with Gasteiger partial charge in [0.25, 0.3) is 5.91 Å². The maximum Gasteiger partial charge on any atom is 0.253 e. The van der Waals surface area contributed by atoms with E-state index in [-0.39, 0.29) is 17.7 Å². The van der Waals surface area contributed by atoms with Gasteiger partial charge in [-0.3, -0.25) is 4.79 Å². The van der Waals surface area contributed by atoms with Crippen LogP contribution in [0, 0.1) is 0 Å². The zero-order valence-corrected chi connectivity index (χ0v) is 18.6. The molecule has 8 nitrogen and oxygen atoms in total. The fourth-order valence-corrected chi connectivity index (χ4v) is 4.40. The lowest BCUT2D eigenvalue weighted by molar-refractivity contribution is -0.130. The van der Waals surface area contributed by atoms with E-state index in [1.807, 2.05) is 49.5 Å². The van der Waals surface area contributed by atoms with Crippen molar-refractivity contribution in [3.8, 4) is 11.6 Å². The summed E-state index contributed by atoms with van der Waals surface area (Å²) in [6.45, 7) is 0. The van der Waals surface area contributed by atoms with E-state index in [2.05, 4.69) is 15.3 Å². The number of hydrogen-bond acceptors (Lipinski definition) is 7. The number of hydrogen-bond donors (Lipinski definition) is 0. The summed E-state index contributed by atoms with van der Waals surface area (Å²) in [5.41, 5.74) is 1.73. The highest BCUT2D eigenvalue weighted by Gasteiger charge is 2.35. The van der Waals surface area contributed by atoms with Crippen LogP contribution in [0.2, 0.25) is 5.02 Å². The number of halogens is 1. The highest BCUT2D eigenvalue weighted by molar-refractivity contribution is 7.99. The third-order valence-corrected chi connectivity index (χ3v) is 6.37. The molecule has 0 N–H and O–H groups in total. The molecule has 1 amide bonds. The Morgan fingerprint density at radius 1 is 1.12 bits per heavy atom. The van der Waals surface area contributed by atoms with E-state index in [1.165, 1.54) is 16.8 Å². The van der Waals surface area contributed by atoms with Gasteiger partial charge in [-0.2, -0.15) is 5.10 Å². The average molecular weight is 468 g/mol. The first kappa shape index (κ1) is 20.6. The van der Waals surface area contributed by atoms with Crippen molar-refractivity contribution in [2.45, 2.75) is 17.6 Å². The minimum Gasteiger partial charge on any atom is -0.467 e. The van der Waals surface area contributed by atoms with E-state index in [0.717, 1.165) is 11.3 Å². The number of nitrogens with zero attached hydrogens (tertiary/aromatic N) is 5. The van der Waals surface area contributed by atoms with Crippen molar-refractivity contribution in [2.24, 2.45) is 12.1 Å². The maximum absolute atomic E-state index is 13.2. The SMILES string of the molecule is Cn1c(SCC(=O)N2N=C(c3ccc(Cl)cc3)C[C@@H]2c2ccco2)nnc1-c1ccco1. The second kappa shape index (κ2) is 8.68. The highest BCUT2D eigenvalue weighted by Crippen LogP contribution is 2.34. The van der Waals surface area contributed by atoms with Gasteiger partial charge >= 0.3 is 0 Å². The lowest BCUT2D eigenvalue weighted by Gasteiger charge is -2.19. The van der Waals surface area contributed by atoms with Crippen LogP contribution in [0.15, 0.2) is 80.1 Å². The largest absolute Gasteiger partial charge is 0.467 e. The van der Waals surface area contributed by atoms with Crippen LogP contribution in [0.25, 0.3) is 11.6 Å². The number of aromatic nitrogens is 3. The number of hydrazone groups is 1. The molecular formula is C22H18ClN5O3S. The second-order valence-electron chi connectivity index (χ2n) is 7.16. The lowest BCUT2D eigenvalue weighted by Crippen LogP contribution is -2.28. The summed E-state index contributed by atoms with van der Waals surface area (Å²) < 4.78 is 12.8. The second-order valence-corrected chi connectivity index (χ2v) is 8.54. The Bertz CT molecular complexity index is 1250. The first-order valence-corrected chi connectivity index (χ1v) is 11.2. The summed E-state index contributed by atoms with van der Waals surface area (Å²) in [6, 6.07) is 14.4. The normalized spacial score (nSPS) is 15.9. The van der Waals surface area contributed by atoms with E-state index in [0.29, 0.717) is 33.9 Å². The molecule has 0 saturated carbocycles. The van der Waals surface area contributed by atoms with E-state index >= 15 is 0 Å². The molecule has 1 aliphatic rings. The number of rotatable bonds is 6. The lowest BCUT2D eigenvalue weighted by atomic mass is 10.0. The van der Waals surface area contributed by atoms with E-state index in [9.17, 15) is 4.79 Å². The van der Waals surface area contributed by atoms with Crippen LogP contribution in [-0.4, -0.2) is 37.1 Å². The topological polar surface area (TPSA) is 89.7 Å². The third kappa shape index (κ3) is 3.96. The van der Waals surface area contributed by atoms with Gasteiger partial charge in [-0.05, 0) is 42.0 Å². The molecule has 4 heterocycles. The number of furan rings is 2. The van der Waals surface area contributed by atoms with Crippen molar-refractivity contribution >= 4 is 35.0 Å². The zero-order valence-electron chi connectivity index (χ0n) is 17.0. The van der Waals surface area contributed by atoms with Crippen molar-refractivity contribution in [3.05, 3.63) is 77.4 Å². The van der Waals surface area contributed by atoms with Crippen LogP contribution in [0.5, 0.6) is 0 Å². The molecule has 0 aliphatic carbocycles. The molecule has 0 saturated heterocycles. The van der Waals surface area contributed by atoms with E-state index < -0.39 is 0 Å². The van der Waals surface area contributed by atoms with Gasteiger partial charge in [0.15, 0.2) is 16.7 Å². The summed E-state index contributed by atoms with van der Waals surface area (Å²) in [7, 11) is 1.84. The number of carbonyl (C=O) groups excluding carboxylic acids is 1.